The molecule has 144 valence electrons. The van der Waals surface area contributed by atoms with E-state index >= 15 is 0 Å². The van der Waals surface area contributed by atoms with E-state index in [-0.39, 0.29) is 11.3 Å². The molecule has 0 aliphatic carbocycles. The van der Waals surface area contributed by atoms with E-state index in [4.69, 9.17) is 0 Å². The molecule has 0 bridgehead atoms. The van der Waals surface area contributed by atoms with Crippen molar-refractivity contribution < 1.29 is 19.8 Å². The molecule has 3 rings (SSSR count). The van der Waals surface area contributed by atoms with Crippen molar-refractivity contribution in [2.24, 2.45) is 0 Å². The fourth-order valence-corrected chi connectivity index (χ4v) is 3.38. The lowest BCUT2D eigenvalue weighted by Gasteiger charge is -2.11. The number of carboxylic acid groups (broad SMARTS) is 2. The molecule has 28 heavy (non-hydrogen) atoms. The molecule has 2 aromatic carbocycles. The fourth-order valence-electron chi connectivity index (χ4n) is 3.38. The van der Waals surface area contributed by atoms with Crippen LogP contribution in [0.1, 0.15) is 51.3 Å². The van der Waals surface area contributed by atoms with Gasteiger partial charge in [-0.25, -0.2) is 14.6 Å². The van der Waals surface area contributed by atoms with Crippen molar-refractivity contribution in [2.45, 2.75) is 33.2 Å². The van der Waals surface area contributed by atoms with Crippen molar-refractivity contribution in [3.05, 3.63) is 76.9 Å². The normalized spacial score (nSPS) is 10.8. The minimum atomic E-state index is -0.987. The Hall–Kier alpha value is -3.41. The molecular weight excluding hydrogens is 356 g/mol. The minimum absolute atomic E-state index is 0.212. The Balaban J connectivity index is 1.94. The average Bonchev–Trinajstić information content (AvgIpc) is 2.97. The van der Waals surface area contributed by atoms with E-state index in [9.17, 15) is 19.8 Å². The van der Waals surface area contributed by atoms with Crippen LogP contribution in [0.5, 0.6) is 0 Å². The highest BCUT2D eigenvalue weighted by molar-refractivity contribution is 5.96. The Morgan fingerprint density at radius 2 is 1.68 bits per heavy atom. The molecule has 0 fully saturated rings. The second kappa shape index (κ2) is 8.08. The Morgan fingerprint density at radius 3 is 2.29 bits per heavy atom. The number of aromatic carboxylic acids is 2. The Morgan fingerprint density at radius 1 is 1.00 bits per heavy atom. The first kappa shape index (κ1) is 19.4. The van der Waals surface area contributed by atoms with Gasteiger partial charge in [-0.1, -0.05) is 49.4 Å². The van der Waals surface area contributed by atoms with Gasteiger partial charge in [0.1, 0.15) is 5.82 Å². The Bertz CT molecular complexity index is 1020. The standard InChI is InChI=1S/C22H22N2O4/c1-3-6-19-23-14(2)20(22(27)28)24(19)13-15-9-11-16(12-10-15)17-7-4-5-8-18(17)21(25)26/h4-5,7-12H,3,6,13H2,1-2H3,(H,25,26)(H,27,28). The average molecular weight is 378 g/mol. The number of nitrogens with zero attached hydrogens (tertiary/aromatic N) is 2. The van der Waals surface area contributed by atoms with E-state index in [0.717, 1.165) is 23.4 Å². The van der Waals surface area contributed by atoms with Crippen molar-refractivity contribution in [3.63, 3.8) is 0 Å². The van der Waals surface area contributed by atoms with Crippen molar-refractivity contribution in [2.75, 3.05) is 0 Å². The van der Waals surface area contributed by atoms with Crippen LogP contribution < -0.4 is 0 Å². The maximum absolute atomic E-state index is 11.7. The van der Waals surface area contributed by atoms with Crippen molar-refractivity contribution >= 4 is 11.9 Å². The van der Waals surface area contributed by atoms with Gasteiger partial charge >= 0.3 is 11.9 Å². The second-order valence-electron chi connectivity index (χ2n) is 6.65. The van der Waals surface area contributed by atoms with E-state index in [1.165, 1.54) is 0 Å². The molecule has 1 aromatic heterocycles. The number of hydrogen-bond donors (Lipinski definition) is 2. The molecule has 2 N–H and O–H groups in total. The van der Waals surface area contributed by atoms with Gasteiger partial charge in [0.15, 0.2) is 5.69 Å². The molecule has 0 unspecified atom stereocenters. The Kier molecular flexibility index (Phi) is 5.59. The SMILES string of the molecule is CCCc1nc(C)c(C(=O)O)n1Cc1ccc(-c2ccccc2C(=O)O)cc1. The summed E-state index contributed by atoms with van der Waals surface area (Å²) in [7, 11) is 0. The molecule has 0 amide bonds. The van der Waals surface area contributed by atoms with Gasteiger partial charge in [0.05, 0.1) is 11.3 Å². The van der Waals surface area contributed by atoms with Crippen molar-refractivity contribution in [3.8, 4) is 11.1 Å². The van der Waals surface area contributed by atoms with Crippen LogP contribution in [0.4, 0.5) is 0 Å². The molecule has 0 saturated heterocycles. The number of imidazole rings is 1. The number of aromatic nitrogens is 2. The fraction of sp³-hybridized carbons (Fsp3) is 0.227. The summed E-state index contributed by atoms with van der Waals surface area (Å²) < 4.78 is 1.75. The first-order valence-electron chi connectivity index (χ1n) is 9.13. The molecule has 6 nitrogen and oxygen atoms in total. The lowest BCUT2D eigenvalue weighted by Crippen LogP contribution is -2.13. The third-order valence-corrected chi connectivity index (χ3v) is 4.66. The van der Waals surface area contributed by atoms with Crippen LogP contribution in [0, 0.1) is 6.92 Å². The molecule has 0 saturated carbocycles. The highest BCUT2D eigenvalue weighted by Crippen LogP contribution is 2.25. The number of carboxylic acids is 2. The largest absolute Gasteiger partial charge is 0.478 e. The first-order valence-corrected chi connectivity index (χ1v) is 9.13. The van der Waals surface area contributed by atoms with Crippen LogP contribution in [0.15, 0.2) is 48.5 Å². The third kappa shape index (κ3) is 3.81. The van der Waals surface area contributed by atoms with Crippen LogP contribution in [0.3, 0.4) is 0 Å². The predicted molar refractivity (Wildman–Crippen MR) is 106 cm³/mol. The predicted octanol–water partition coefficient (Wildman–Crippen LogP) is 4.26. The van der Waals surface area contributed by atoms with Crippen LogP contribution >= 0.6 is 0 Å². The molecule has 0 spiro atoms. The van der Waals surface area contributed by atoms with Gasteiger partial charge in [-0.3, -0.25) is 0 Å². The van der Waals surface area contributed by atoms with Crippen molar-refractivity contribution in [1.82, 2.24) is 9.55 Å². The molecule has 0 radical (unpaired) electrons. The maximum Gasteiger partial charge on any atom is 0.354 e. The number of carbonyl (C=O) groups is 2. The van der Waals surface area contributed by atoms with Gasteiger partial charge in [0.25, 0.3) is 0 Å². The van der Waals surface area contributed by atoms with E-state index in [1.54, 1.807) is 35.8 Å². The highest BCUT2D eigenvalue weighted by atomic mass is 16.4. The van der Waals surface area contributed by atoms with Gasteiger partial charge in [-0.05, 0) is 36.1 Å². The summed E-state index contributed by atoms with van der Waals surface area (Å²) in [4.78, 5) is 27.5. The summed E-state index contributed by atoms with van der Waals surface area (Å²) in [6.07, 6.45) is 1.58. The summed E-state index contributed by atoms with van der Waals surface area (Å²) in [5, 5.41) is 18.9. The van der Waals surface area contributed by atoms with E-state index < -0.39 is 11.9 Å². The van der Waals surface area contributed by atoms with Gasteiger partial charge in [0, 0.05) is 13.0 Å². The zero-order valence-corrected chi connectivity index (χ0v) is 15.8. The summed E-state index contributed by atoms with van der Waals surface area (Å²) in [5.74, 6) is -1.19. The molecule has 3 aromatic rings. The number of benzene rings is 2. The topological polar surface area (TPSA) is 92.4 Å². The second-order valence-corrected chi connectivity index (χ2v) is 6.65. The van der Waals surface area contributed by atoms with Gasteiger partial charge in [0.2, 0.25) is 0 Å². The molecule has 0 atom stereocenters. The third-order valence-electron chi connectivity index (χ3n) is 4.66. The summed E-state index contributed by atoms with van der Waals surface area (Å²) in [6.45, 7) is 4.15. The Labute approximate surface area is 163 Å². The smallest absolute Gasteiger partial charge is 0.354 e. The molecular formula is C22H22N2O4. The number of rotatable bonds is 7. The zero-order valence-electron chi connectivity index (χ0n) is 15.8. The van der Waals surface area contributed by atoms with Crippen LogP contribution in [0.2, 0.25) is 0 Å². The minimum Gasteiger partial charge on any atom is -0.478 e. The van der Waals surface area contributed by atoms with Gasteiger partial charge in [-0.2, -0.15) is 0 Å². The lowest BCUT2D eigenvalue weighted by atomic mass is 9.99. The summed E-state index contributed by atoms with van der Waals surface area (Å²) >= 11 is 0. The monoisotopic (exact) mass is 378 g/mol. The zero-order chi connectivity index (χ0) is 20.3. The molecule has 1 heterocycles. The number of hydrogen-bond acceptors (Lipinski definition) is 3. The number of aryl methyl sites for hydroxylation is 2. The highest BCUT2D eigenvalue weighted by Gasteiger charge is 2.20. The van der Waals surface area contributed by atoms with E-state index in [1.807, 2.05) is 31.2 Å². The van der Waals surface area contributed by atoms with Gasteiger partial charge in [-0.15, -0.1) is 0 Å². The van der Waals surface area contributed by atoms with Crippen molar-refractivity contribution in [1.29, 1.82) is 0 Å². The molecule has 0 aliphatic rings. The van der Waals surface area contributed by atoms with Crippen LogP contribution in [-0.4, -0.2) is 31.7 Å². The van der Waals surface area contributed by atoms with E-state index in [2.05, 4.69) is 4.98 Å². The lowest BCUT2D eigenvalue weighted by molar-refractivity contribution is 0.0678. The molecule has 0 aliphatic heterocycles. The summed E-state index contributed by atoms with van der Waals surface area (Å²) in [5.41, 5.74) is 3.35. The molecule has 6 heteroatoms. The summed E-state index contributed by atoms with van der Waals surface area (Å²) in [6, 6.07) is 14.4. The first-order chi connectivity index (χ1) is 13.4. The van der Waals surface area contributed by atoms with E-state index in [0.29, 0.717) is 24.2 Å². The van der Waals surface area contributed by atoms with Crippen LogP contribution in [-0.2, 0) is 13.0 Å². The quantitative estimate of drug-likeness (QED) is 0.641. The van der Waals surface area contributed by atoms with Gasteiger partial charge < -0.3 is 14.8 Å². The maximum atomic E-state index is 11.7. The van der Waals surface area contributed by atoms with Crippen LogP contribution in [0.25, 0.3) is 11.1 Å².